The zero-order valence-electron chi connectivity index (χ0n) is 8.33. The average molecular weight is 211 g/mol. The van der Waals surface area contributed by atoms with Gasteiger partial charge in [-0.05, 0) is 18.1 Å². The second-order valence-corrected chi connectivity index (χ2v) is 7.22. The van der Waals surface area contributed by atoms with E-state index in [9.17, 15) is 4.79 Å². The molecule has 0 heterocycles. The fourth-order valence-corrected chi connectivity index (χ4v) is 4.38. The van der Waals surface area contributed by atoms with Gasteiger partial charge in [0.25, 0.3) is 0 Å². The van der Waals surface area contributed by atoms with Crippen molar-refractivity contribution < 1.29 is 9.90 Å². The zero-order chi connectivity index (χ0) is 11.0. The smallest absolute Gasteiger partial charge is 0.396 e. The van der Waals surface area contributed by atoms with Crippen LogP contribution < -0.4 is 4.98 Å². The standard InChI is InChI=1S/C10H17NO2Si/c1-4-7-14(8-5-2,9-6-3)11-10(12)13/h4-6,11H,1-3,7-9H2,(H,12,13). The molecular formula is C10H17NO2Si. The maximum Gasteiger partial charge on any atom is 0.396 e. The van der Waals surface area contributed by atoms with E-state index in [2.05, 4.69) is 24.7 Å². The Bertz CT molecular complexity index is 212. The number of allylic oxidation sites excluding steroid dienone is 3. The molecule has 2 N–H and O–H groups in total. The fourth-order valence-electron chi connectivity index (χ4n) is 1.46. The normalized spacial score (nSPS) is 10.3. The molecule has 0 aromatic carbocycles. The second kappa shape index (κ2) is 6.20. The van der Waals surface area contributed by atoms with E-state index in [1.54, 1.807) is 18.2 Å². The molecule has 0 bridgehead atoms. The molecule has 1 amide bonds. The number of carboxylic acid groups (broad SMARTS) is 1. The molecule has 0 rings (SSSR count). The number of hydrogen-bond donors (Lipinski definition) is 2. The highest BCUT2D eigenvalue weighted by molar-refractivity contribution is 6.80. The van der Waals surface area contributed by atoms with Crippen molar-refractivity contribution in [3.05, 3.63) is 38.0 Å². The lowest BCUT2D eigenvalue weighted by Crippen LogP contribution is -2.51. The summed E-state index contributed by atoms with van der Waals surface area (Å²) in [5, 5.41) is 8.75. The van der Waals surface area contributed by atoms with Crippen LogP contribution in [0.4, 0.5) is 4.79 Å². The SMILES string of the molecule is C=CC[Si](CC=C)(CC=C)NC(=O)O. The quantitative estimate of drug-likeness (QED) is 0.502. The summed E-state index contributed by atoms with van der Waals surface area (Å²) in [6.45, 7) is 11.0. The van der Waals surface area contributed by atoms with E-state index >= 15 is 0 Å². The van der Waals surface area contributed by atoms with Crippen LogP contribution in [0.15, 0.2) is 38.0 Å². The molecule has 0 radical (unpaired) electrons. The minimum absolute atomic E-state index is 0.706. The number of carbonyl (C=O) groups is 1. The second-order valence-electron chi connectivity index (χ2n) is 3.19. The van der Waals surface area contributed by atoms with Gasteiger partial charge in [-0.2, -0.15) is 0 Å². The summed E-state index contributed by atoms with van der Waals surface area (Å²) in [6.07, 6.45) is 4.31. The van der Waals surface area contributed by atoms with Gasteiger partial charge >= 0.3 is 6.09 Å². The molecular weight excluding hydrogens is 194 g/mol. The topological polar surface area (TPSA) is 49.3 Å². The van der Waals surface area contributed by atoms with Crippen LogP contribution in [0, 0.1) is 0 Å². The van der Waals surface area contributed by atoms with Crippen LogP contribution in [0.5, 0.6) is 0 Å². The summed E-state index contributed by atoms with van der Waals surface area (Å²) >= 11 is 0. The highest BCUT2D eigenvalue weighted by atomic mass is 28.3. The first-order chi connectivity index (χ1) is 6.60. The lowest BCUT2D eigenvalue weighted by Gasteiger charge is -2.27. The Morgan fingerprint density at radius 3 is 1.71 bits per heavy atom. The van der Waals surface area contributed by atoms with Crippen molar-refractivity contribution in [3.8, 4) is 0 Å². The third-order valence-electron chi connectivity index (χ3n) is 1.98. The van der Waals surface area contributed by atoms with Crippen LogP contribution in [0.1, 0.15) is 0 Å². The van der Waals surface area contributed by atoms with Crippen LogP contribution in [-0.2, 0) is 0 Å². The molecule has 0 spiro atoms. The van der Waals surface area contributed by atoms with Crippen molar-refractivity contribution >= 4 is 14.3 Å². The number of hydrogen-bond acceptors (Lipinski definition) is 1. The van der Waals surface area contributed by atoms with E-state index < -0.39 is 14.3 Å². The van der Waals surface area contributed by atoms with Gasteiger partial charge in [-0.3, -0.25) is 0 Å². The molecule has 0 fully saturated rings. The molecule has 14 heavy (non-hydrogen) atoms. The summed E-state index contributed by atoms with van der Waals surface area (Å²) in [5.74, 6) is 0. The first kappa shape index (κ1) is 12.7. The van der Waals surface area contributed by atoms with Gasteiger partial charge in [0.15, 0.2) is 8.24 Å². The van der Waals surface area contributed by atoms with E-state index in [-0.39, 0.29) is 0 Å². The van der Waals surface area contributed by atoms with Gasteiger partial charge in [0.1, 0.15) is 0 Å². The monoisotopic (exact) mass is 211 g/mol. The van der Waals surface area contributed by atoms with Crippen molar-refractivity contribution in [1.82, 2.24) is 4.98 Å². The molecule has 0 aliphatic rings. The summed E-state index contributed by atoms with van der Waals surface area (Å²) in [6, 6.07) is 2.12. The minimum Gasteiger partial charge on any atom is -0.466 e. The van der Waals surface area contributed by atoms with E-state index in [0.717, 1.165) is 0 Å². The third-order valence-corrected chi connectivity index (χ3v) is 5.93. The highest BCUT2D eigenvalue weighted by Crippen LogP contribution is 2.19. The van der Waals surface area contributed by atoms with Gasteiger partial charge in [-0.1, -0.05) is 18.2 Å². The predicted octanol–water partition coefficient (Wildman–Crippen LogP) is 2.76. The van der Waals surface area contributed by atoms with Crippen molar-refractivity contribution in [2.24, 2.45) is 0 Å². The molecule has 78 valence electrons. The maximum atomic E-state index is 10.7. The first-order valence-electron chi connectivity index (χ1n) is 4.44. The molecule has 0 aliphatic heterocycles. The molecule has 0 aromatic rings. The number of amides is 1. The Labute approximate surface area is 85.9 Å². The van der Waals surface area contributed by atoms with Gasteiger partial charge in [-0.15, -0.1) is 19.7 Å². The predicted molar refractivity (Wildman–Crippen MR) is 61.9 cm³/mol. The fraction of sp³-hybridized carbons (Fsp3) is 0.300. The van der Waals surface area contributed by atoms with Crippen molar-refractivity contribution in [2.75, 3.05) is 0 Å². The lowest BCUT2D eigenvalue weighted by molar-refractivity contribution is 0.200. The van der Waals surface area contributed by atoms with Crippen molar-refractivity contribution in [1.29, 1.82) is 0 Å². The van der Waals surface area contributed by atoms with Gasteiger partial charge in [0.05, 0.1) is 0 Å². The maximum absolute atomic E-state index is 10.7. The van der Waals surface area contributed by atoms with Crippen LogP contribution in [-0.4, -0.2) is 19.4 Å². The molecule has 0 saturated heterocycles. The van der Waals surface area contributed by atoms with Gasteiger partial charge in [-0.25, -0.2) is 4.79 Å². The third kappa shape index (κ3) is 4.09. The highest BCUT2D eigenvalue weighted by Gasteiger charge is 2.31. The van der Waals surface area contributed by atoms with Crippen LogP contribution >= 0.6 is 0 Å². The van der Waals surface area contributed by atoms with E-state index in [1.807, 2.05) is 0 Å². The molecule has 0 aliphatic carbocycles. The van der Waals surface area contributed by atoms with Gasteiger partial charge < -0.3 is 10.1 Å². The zero-order valence-corrected chi connectivity index (χ0v) is 9.33. The molecule has 0 saturated carbocycles. The van der Waals surface area contributed by atoms with Crippen LogP contribution in [0.25, 0.3) is 0 Å². The minimum atomic E-state index is -2.06. The Balaban J connectivity index is 4.69. The van der Waals surface area contributed by atoms with Crippen molar-refractivity contribution in [2.45, 2.75) is 18.1 Å². The van der Waals surface area contributed by atoms with Gasteiger partial charge in [0, 0.05) is 0 Å². The number of rotatable bonds is 7. The number of nitrogens with one attached hydrogen (secondary N) is 1. The van der Waals surface area contributed by atoms with Crippen LogP contribution in [0.2, 0.25) is 18.1 Å². The summed E-state index contributed by atoms with van der Waals surface area (Å²) in [5.41, 5.74) is 0. The first-order valence-corrected chi connectivity index (χ1v) is 7.06. The molecule has 0 unspecified atom stereocenters. The Morgan fingerprint density at radius 1 is 1.14 bits per heavy atom. The Morgan fingerprint density at radius 2 is 1.50 bits per heavy atom. The van der Waals surface area contributed by atoms with E-state index in [4.69, 9.17) is 5.11 Å². The molecule has 0 atom stereocenters. The largest absolute Gasteiger partial charge is 0.466 e. The summed E-state index contributed by atoms with van der Waals surface area (Å²) in [7, 11) is -2.06. The Hall–Kier alpha value is -1.29. The summed E-state index contributed by atoms with van der Waals surface area (Å²) < 4.78 is 0. The molecule has 0 aromatic heterocycles. The lowest BCUT2D eigenvalue weighted by atomic mass is 10.7. The van der Waals surface area contributed by atoms with Crippen LogP contribution in [0.3, 0.4) is 0 Å². The Kier molecular flexibility index (Phi) is 5.63. The average Bonchev–Trinajstić information content (AvgIpc) is 2.03. The van der Waals surface area contributed by atoms with Crippen molar-refractivity contribution in [3.63, 3.8) is 0 Å². The van der Waals surface area contributed by atoms with Gasteiger partial charge in [0.2, 0.25) is 0 Å². The molecule has 3 nitrogen and oxygen atoms in total. The van der Waals surface area contributed by atoms with E-state index in [1.165, 1.54) is 0 Å². The summed E-state index contributed by atoms with van der Waals surface area (Å²) in [4.78, 5) is 13.3. The molecule has 4 heteroatoms. The van der Waals surface area contributed by atoms with E-state index in [0.29, 0.717) is 18.1 Å².